The highest BCUT2D eigenvalue weighted by molar-refractivity contribution is 9.10. The second-order valence-corrected chi connectivity index (χ2v) is 4.80. The van der Waals surface area contributed by atoms with Crippen LogP contribution in [-0.2, 0) is 0 Å². The highest BCUT2D eigenvalue weighted by Gasteiger charge is 2.05. The van der Waals surface area contributed by atoms with E-state index in [1.54, 1.807) is 22.7 Å². The largest absolute Gasteiger partial charge is 0.239 e. The summed E-state index contributed by atoms with van der Waals surface area (Å²) in [5.41, 5.74) is 1.06. The summed E-state index contributed by atoms with van der Waals surface area (Å²) in [5.74, 6) is 0. The van der Waals surface area contributed by atoms with Crippen molar-refractivity contribution in [1.29, 1.82) is 0 Å². The summed E-state index contributed by atoms with van der Waals surface area (Å²) in [4.78, 5) is 8.62. The first-order valence-corrected chi connectivity index (χ1v) is 5.84. The lowest BCUT2D eigenvalue weighted by molar-refractivity contribution is 1.25. The van der Waals surface area contributed by atoms with Gasteiger partial charge in [0.1, 0.15) is 4.60 Å². The molecule has 0 amide bonds. The number of aromatic nitrogens is 2. The van der Waals surface area contributed by atoms with Gasteiger partial charge in [-0.05, 0) is 22.9 Å². The average molecular weight is 261 g/mol. The maximum Gasteiger partial charge on any atom is 0.153 e. The van der Waals surface area contributed by atoms with Crippen LogP contribution in [0.4, 0.5) is 0 Å². The maximum atomic E-state index is 4.34. The van der Waals surface area contributed by atoms with Gasteiger partial charge in [-0.3, -0.25) is 0 Å². The van der Waals surface area contributed by atoms with E-state index in [0.717, 1.165) is 20.3 Å². The average Bonchev–Trinajstić information content (AvgIpc) is 2.58. The van der Waals surface area contributed by atoms with Crippen LogP contribution in [0.5, 0.6) is 0 Å². The molecule has 5 heteroatoms. The predicted octanol–water partition coefficient (Wildman–Crippen LogP) is 3.34. The molecule has 0 radical (unpaired) electrons. The van der Waals surface area contributed by atoms with Crippen LogP contribution >= 0.6 is 38.6 Å². The van der Waals surface area contributed by atoms with Crippen LogP contribution < -0.4 is 0 Å². The molecule has 0 fully saturated rings. The number of hydrogen-bond acceptors (Lipinski definition) is 4. The molecule has 12 heavy (non-hydrogen) atoms. The molecular weight excluding hydrogens is 256 g/mol. The summed E-state index contributed by atoms with van der Waals surface area (Å²) >= 11 is 6.55. The van der Waals surface area contributed by atoms with Gasteiger partial charge in [0.25, 0.3) is 0 Å². The minimum Gasteiger partial charge on any atom is -0.239 e. The van der Waals surface area contributed by atoms with E-state index in [4.69, 9.17) is 0 Å². The van der Waals surface area contributed by atoms with Crippen LogP contribution in [0.1, 0.15) is 5.69 Å². The third-order valence-electron chi connectivity index (χ3n) is 1.28. The smallest absolute Gasteiger partial charge is 0.153 e. The fourth-order valence-electron chi connectivity index (χ4n) is 0.805. The summed E-state index contributed by atoms with van der Waals surface area (Å²) in [6.45, 7) is 1.99. The van der Waals surface area contributed by atoms with Crippen molar-refractivity contribution in [3.8, 4) is 10.0 Å². The number of thiazole rings is 2. The molecule has 0 aliphatic heterocycles. The first kappa shape index (κ1) is 8.34. The van der Waals surface area contributed by atoms with Gasteiger partial charge < -0.3 is 0 Å². The first-order chi connectivity index (χ1) is 5.75. The van der Waals surface area contributed by atoms with Crippen LogP contribution in [-0.4, -0.2) is 9.97 Å². The van der Waals surface area contributed by atoms with E-state index in [1.807, 2.05) is 17.7 Å². The van der Waals surface area contributed by atoms with Crippen LogP contribution in [0, 0.1) is 6.92 Å². The van der Waals surface area contributed by atoms with E-state index < -0.39 is 0 Å². The van der Waals surface area contributed by atoms with Crippen molar-refractivity contribution < 1.29 is 0 Å². The third-order valence-corrected chi connectivity index (χ3v) is 3.93. The zero-order chi connectivity index (χ0) is 8.55. The Kier molecular flexibility index (Phi) is 2.25. The molecule has 0 spiro atoms. The van der Waals surface area contributed by atoms with Gasteiger partial charge in [0.05, 0.1) is 0 Å². The van der Waals surface area contributed by atoms with Gasteiger partial charge in [0.2, 0.25) is 0 Å². The molecule has 0 aliphatic carbocycles. The molecule has 62 valence electrons. The summed E-state index contributed by atoms with van der Waals surface area (Å²) in [5, 5.41) is 5.99. The highest BCUT2D eigenvalue weighted by atomic mass is 79.9. The van der Waals surface area contributed by atoms with E-state index >= 15 is 0 Å². The standard InChI is InChI=1S/C7H5BrN2S2/c1-4-2-11-6(9-4)7-10-5(8)3-12-7/h2-3H,1H3. The maximum absolute atomic E-state index is 4.34. The summed E-state index contributed by atoms with van der Waals surface area (Å²) in [6.07, 6.45) is 0. The third kappa shape index (κ3) is 1.57. The summed E-state index contributed by atoms with van der Waals surface area (Å²) < 4.78 is 0.885. The van der Waals surface area contributed by atoms with Gasteiger partial charge in [-0.2, -0.15) is 0 Å². The molecule has 0 atom stereocenters. The fourth-order valence-corrected chi connectivity index (χ4v) is 2.91. The molecule has 0 bridgehead atoms. The van der Waals surface area contributed by atoms with Gasteiger partial charge in [0, 0.05) is 16.5 Å². The second-order valence-electron chi connectivity index (χ2n) is 2.27. The fraction of sp³-hybridized carbons (Fsp3) is 0.143. The lowest BCUT2D eigenvalue weighted by atomic mass is 10.6. The van der Waals surface area contributed by atoms with Gasteiger partial charge in [-0.1, -0.05) is 0 Å². The second kappa shape index (κ2) is 3.24. The topological polar surface area (TPSA) is 25.8 Å². The van der Waals surface area contributed by atoms with Crippen molar-refractivity contribution in [3.63, 3.8) is 0 Å². The van der Waals surface area contributed by atoms with E-state index in [9.17, 15) is 0 Å². The molecule has 2 aromatic rings. The quantitative estimate of drug-likeness (QED) is 0.786. The van der Waals surface area contributed by atoms with Crippen molar-refractivity contribution in [1.82, 2.24) is 9.97 Å². The van der Waals surface area contributed by atoms with Gasteiger partial charge in [-0.15, -0.1) is 22.7 Å². The number of aryl methyl sites for hydroxylation is 1. The van der Waals surface area contributed by atoms with Crippen LogP contribution in [0.15, 0.2) is 15.4 Å². The number of rotatable bonds is 1. The van der Waals surface area contributed by atoms with Crippen LogP contribution in [0.3, 0.4) is 0 Å². The Hall–Kier alpha value is -0.260. The van der Waals surface area contributed by atoms with Crippen molar-refractivity contribution in [2.75, 3.05) is 0 Å². The first-order valence-electron chi connectivity index (χ1n) is 3.29. The number of hydrogen-bond donors (Lipinski definition) is 0. The predicted molar refractivity (Wildman–Crippen MR) is 55.7 cm³/mol. The zero-order valence-corrected chi connectivity index (χ0v) is 9.46. The number of nitrogens with zero attached hydrogens (tertiary/aromatic N) is 2. The molecule has 0 saturated heterocycles. The van der Waals surface area contributed by atoms with Crippen molar-refractivity contribution in [3.05, 3.63) is 21.1 Å². The van der Waals surface area contributed by atoms with Gasteiger partial charge in [0.15, 0.2) is 10.0 Å². The van der Waals surface area contributed by atoms with E-state index in [2.05, 4.69) is 25.9 Å². The monoisotopic (exact) mass is 260 g/mol. The molecular formula is C7H5BrN2S2. The Morgan fingerprint density at radius 1 is 1.17 bits per heavy atom. The van der Waals surface area contributed by atoms with Crippen molar-refractivity contribution >= 4 is 38.6 Å². The lowest BCUT2D eigenvalue weighted by Gasteiger charge is -1.83. The molecule has 2 nitrogen and oxygen atoms in total. The summed E-state index contributed by atoms with van der Waals surface area (Å²) in [6, 6.07) is 0. The van der Waals surface area contributed by atoms with E-state index in [1.165, 1.54) is 0 Å². The number of halogens is 1. The van der Waals surface area contributed by atoms with Gasteiger partial charge in [-0.25, -0.2) is 9.97 Å². The molecule has 0 N–H and O–H groups in total. The highest BCUT2D eigenvalue weighted by Crippen LogP contribution is 2.28. The Balaban J connectivity index is 2.43. The Bertz CT molecular complexity index is 355. The zero-order valence-electron chi connectivity index (χ0n) is 6.24. The molecule has 0 unspecified atom stereocenters. The Morgan fingerprint density at radius 2 is 1.83 bits per heavy atom. The normalized spacial score (nSPS) is 10.5. The molecule has 2 rings (SSSR count). The van der Waals surface area contributed by atoms with Gasteiger partial charge >= 0.3 is 0 Å². The van der Waals surface area contributed by atoms with E-state index in [0.29, 0.717) is 0 Å². The molecule has 0 saturated carbocycles. The Morgan fingerprint density at radius 3 is 2.33 bits per heavy atom. The van der Waals surface area contributed by atoms with Crippen LogP contribution in [0.25, 0.3) is 10.0 Å². The SMILES string of the molecule is Cc1csc(-c2nc(Br)cs2)n1. The van der Waals surface area contributed by atoms with E-state index in [-0.39, 0.29) is 0 Å². The van der Waals surface area contributed by atoms with Crippen molar-refractivity contribution in [2.24, 2.45) is 0 Å². The Labute approximate surface area is 86.4 Å². The van der Waals surface area contributed by atoms with Crippen molar-refractivity contribution in [2.45, 2.75) is 6.92 Å². The molecule has 2 heterocycles. The minimum atomic E-state index is 0.885. The molecule has 2 aromatic heterocycles. The minimum absolute atomic E-state index is 0.885. The summed E-state index contributed by atoms with van der Waals surface area (Å²) in [7, 11) is 0. The van der Waals surface area contributed by atoms with Crippen LogP contribution in [0.2, 0.25) is 0 Å². The molecule has 0 aromatic carbocycles. The lowest BCUT2D eigenvalue weighted by Crippen LogP contribution is -1.74. The molecule has 0 aliphatic rings.